The maximum atomic E-state index is 15.7. The number of carbonyl (C=O) groups is 6. The molecular formula is C50H54N2O15Y-2. The number of hydrogen-bond acceptors (Lipinski definition) is 16. The van der Waals surface area contributed by atoms with E-state index in [1.54, 1.807) is 92.7 Å². The largest absolute Gasteiger partial charge is 0.650 e. The Balaban J connectivity index is 0.00000210. The van der Waals surface area contributed by atoms with E-state index in [-0.39, 0.29) is 68.0 Å². The van der Waals surface area contributed by atoms with E-state index < -0.39 is 113 Å². The number of fused-ring (bicyclic) bond motifs is 5. The van der Waals surface area contributed by atoms with E-state index in [1.165, 1.54) is 39.5 Å². The molecule has 1 amide bonds. The second kappa shape index (κ2) is 21.5. The van der Waals surface area contributed by atoms with Crippen molar-refractivity contribution >= 4 is 48.8 Å². The van der Waals surface area contributed by atoms with Crippen LogP contribution in [-0.4, -0.2) is 120 Å². The molecule has 3 aromatic carbocycles. The molecule has 2 saturated carbocycles. The van der Waals surface area contributed by atoms with E-state index in [1.807, 2.05) is 0 Å². The Bertz CT molecular complexity index is 2420. The van der Waals surface area contributed by atoms with Crippen LogP contribution in [-0.2, 0) is 85.1 Å². The van der Waals surface area contributed by atoms with Crippen LogP contribution in [0.2, 0.25) is 0 Å². The predicted molar refractivity (Wildman–Crippen MR) is 237 cm³/mol. The van der Waals surface area contributed by atoms with Gasteiger partial charge in [0, 0.05) is 70.4 Å². The van der Waals surface area contributed by atoms with Crippen LogP contribution in [0.5, 0.6) is 0 Å². The summed E-state index contributed by atoms with van der Waals surface area (Å²) in [4.78, 5) is 99.1. The summed E-state index contributed by atoms with van der Waals surface area (Å²) >= 11 is 0. The fourth-order valence-electron chi connectivity index (χ4n) is 10.4. The summed E-state index contributed by atoms with van der Waals surface area (Å²) < 4.78 is 36.0. The van der Waals surface area contributed by atoms with Crippen LogP contribution in [0.1, 0.15) is 86.7 Å². The molecule has 359 valence electrons. The molecule has 3 N–H and O–H groups in total. The summed E-state index contributed by atoms with van der Waals surface area (Å²) in [6.45, 7) is 13.7. The molecule has 3 aliphatic carbocycles. The number of aliphatic imine (C=N–C) groups is 1. The smallest absolute Gasteiger partial charge is 0.338 e. The number of ether oxygens (including phenoxy) is 6. The monoisotopic (exact) mass is 1010 g/mol. The van der Waals surface area contributed by atoms with Gasteiger partial charge in [0.2, 0.25) is 0 Å². The topological polar surface area (TPSA) is 240 Å². The van der Waals surface area contributed by atoms with E-state index in [0.717, 1.165) is 13.8 Å². The summed E-state index contributed by atoms with van der Waals surface area (Å²) in [5.41, 5.74) is -7.29. The molecule has 0 spiro atoms. The van der Waals surface area contributed by atoms with E-state index in [0.29, 0.717) is 5.56 Å². The minimum absolute atomic E-state index is 0. The summed E-state index contributed by atoms with van der Waals surface area (Å²) in [5.74, 6) is -7.03. The molecule has 1 saturated heterocycles. The number of benzene rings is 3. The Hall–Kier alpha value is -5.46. The molecule has 0 aromatic heterocycles. The Morgan fingerprint density at radius 1 is 0.882 bits per heavy atom. The Labute approximate surface area is 419 Å². The van der Waals surface area contributed by atoms with Gasteiger partial charge in [-0.05, 0) is 61.9 Å². The molecule has 2 bridgehead atoms. The van der Waals surface area contributed by atoms with Crippen LogP contribution in [0.3, 0.4) is 0 Å². The third-order valence-electron chi connectivity index (χ3n) is 13.6. The number of aliphatic hydroxyl groups is 2. The maximum Gasteiger partial charge on any atom is 0.338 e. The van der Waals surface area contributed by atoms with Crippen molar-refractivity contribution in [1.82, 2.24) is 5.32 Å². The van der Waals surface area contributed by atoms with Crippen molar-refractivity contribution in [3.8, 4) is 0 Å². The summed E-state index contributed by atoms with van der Waals surface area (Å²) in [5, 5.41) is 28.3. The number of ketones is 1. The number of aliphatic hydroxyl groups excluding tert-OH is 1. The van der Waals surface area contributed by atoms with Crippen molar-refractivity contribution < 1.29 is 105 Å². The van der Waals surface area contributed by atoms with Crippen molar-refractivity contribution in [2.75, 3.05) is 13.7 Å². The zero-order valence-corrected chi connectivity index (χ0v) is 41.5. The molecule has 68 heavy (non-hydrogen) atoms. The molecule has 3 fully saturated rings. The van der Waals surface area contributed by atoms with Gasteiger partial charge in [0.1, 0.15) is 23.9 Å². The molecule has 1 heterocycles. The second-order valence-electron chi connectivity index (χ2n) is 17.8. The van der Waals surface area contributed by atoms with Crippen LogP contribution in [0.25, 0.3) is 0 Å². The number of nitrogens with zero attached hydrogens (tertiary/aromatic N) is 1. The molecule has 1 aliphatic heterocycles. The van der Waals surface area contributed by atoms with Crippen LogP contribution in [0, 0.1) is 16.7 Å². The molecule has 4 aliphatic rings. The Morgan fingerprint density at radius 3 is 1.96 bits per heavy atom. The van der Waals surface area contributed by atoms with E-state index in [2.05, 4.69) is 17.0 Å². The molecule has 1 radical (unpaired) electrons. The van der Waals surface area contributed by atoms with Gasteiger partial charge in [-0.3, -0.25) is 19.2 Å². The van der Waals surface area contributed by atoms with Crippen molar-refractivity contribution in [3.63, 3.8) is 0 Å². The molecule has 11 atom stereocenters. The zero-order chi connectivity index (χ0) is 49.1. The van der Waals surface area contributed by atoms with E-state index >= 15 is 4.79 Å². The second-order valence-corrected chi connectivity index (χ2v) is 17.8. The van der Waals surface area contributed by atoms with Crippen molar-refractivity contribution in [2.45, 2.75) is 108 Å². The Morgan fingerprint density at radius 2 is 1.44 bits per heavy atom. The number of carbonyl (C=O) groups excluding carboxylic acids is 7. The molecule has 3 aromatic rings. The van der Waals surface area contributed by atoms with Gasteiger partial charge in [0.05, 0.1) is 35.6 Å². The summed E-state index contributed by atoms with van der Waals surface area (Å²) in [6, 6.07) is 22.8. The zero-order valence-electron chi connectivity index (χ0n) is 38.7. The minimum Gasteiger partial charge on any atom is -0.650 e. The molecule has 17 nitrogen and oxygen atoms in total. The summed E-state index contributed by atoms with van der Waals surface area (Å²) in [6.07, 6.45) is -10.6. The first-order chi connectivity index (χ1) is 31.7. The normalized spacial score (nSPS) is 29.5. The van der Waals surface area contributed by atoms with Gasteiger partial charge >= 0.3 is 23.9 Å². The maximum absolute atomic E-state index is 15.7. The number of rotatable bonds is 12. The average molecular weight is 1010 g/mol. The van der Waals surface area contributed by atoms with Gasteiger partial charge in [-0.1, -0.05) is 87.0 Å². The van der Waals surface area contributed by atoms with Gasteiger partial charge < -0.3 is 60.5 Å². The van der Waals surface area contributed by atoms with Gasteiger partial charge in [-0.15, -0.1) is 0 Å². The fourth-order valence-corrected chi connectivity index (χ4v) is 10.4. The number of Topliss-reactive ketones (excluding diaryl/α,β-unsaturated/α-hetero) is 1. The molecular weight excluding hydrogens is 957 g/mol. The standard InChI is InChI=1S/C48H50NO15.C2H4N.Y/c1-26-32(62-44(57)37(53)36(29-16-10-7-11-17-29)49-42(55)30-18-12-8-13-19-30)23-48(58)41(63-43(56)31-20-14-9-15-21-31)39-46(6,40(54)38(61-27(2)51)35(26)45(48,4)5)33(60-25-50)22-34-47(39,24-59-34)64-28(3)52;1-3-2;/h7-21,32-34,36-39,41,53,58H,22-24H2,1-6H3,(H,49,55);1H,2H3;/q2*-1;/t32?,33-,34?,36-,37+,38+,39-,41-,46+,47-,48+;;/m0../s1. The van der Waals surface area contributed by atoms with Gasteiger partial charge in [-0.25, -0.2) is 9.59 Å². The number of hydrogen-bond donors (Lipinski definition) is 3. The predicted octanol–water partition coefficient (Wildman–Crippen LogP) is 4.02. The van der Waals surface area contributed by atoms with Crippen LogP contribution in [0.15, 0.2) is 107 Å². The SMILES string of the molecule is CC(=O)O[C@H]1C(=O)[C@]2(C)[C@@H](O[C-]=O)CC3OC[C@@]3(OC(C)=O)[C@H]2[C@H](OC(=O)c2ccccc2)[C@]2(O)CC(OC(=O)[C@H](O)[C@@H](NC(=O)c3ccccc3)c3ccccc3)C(C)=C1C2(C)C.[CH-]=NC.[Y]. The van der Waals surface area contributed by atoms with Gasteiger partial charge in [0.25, 0.3) is 5.91 Å². The molecule has 7 rings (SSSR count). The summed E-state index contributed by atoms with van der Waals surface area (Å²) in [7, 11) is 1.53. The first kappa shape index (κ1) is 53.5. The van der Waals surface area contributed by atoms with E-state index in [4.69, 9.17) is 28.4 Å². The van der Waals surface area contributed by atoms with Crippen molar-refractivity contribution in [1.29, 1.82) is 0 Å². The third-order valence-corrected chi connectivity index (χ3v) is 13.6. The molecule has 18 heteroatoms. The first-order valence-corrected chi connectivity index (χ1v) is 21.6. The average Bonchev–Trinajstić information content (AvgIpc) is 3.29. The van der Waals surface area contributed by atoms with Crippen molar-refractivity contribution in [3.05, 3.63) is 119 Å². The first-order valence-electron chi connectivity index (χ1n) is 21.6. The minimum atomic E-state index is -2.44. The fraction of sp³-hybridized carbons (Fsp3) is 0.440. The van der Waals surface area contributed by atoms with Crippen molar-refractivity contribution in [2.24, 2.45) is 21.7 Å². The molecule has 2 unspecified atom stereocenters. The van der Waals surface area contributed by atoms with Crippen LogP contribution < -0.4 is 5.32 Å². The van der Waals surface area contributed by atoms with Crippen LogP contribution in [0.4, 0.5) is 0 Å². The van der Waals surface area contributed by atoms with Crippen LogP contribution >= 0.6 is 0 Å². The van der Waals surface area contributed by atoms with Gasteiger partial charge in [-0.2, -0.15) is 0 Å². The number of amides is 1. The van der Waals surface area contributed by atoms with E-state index in [9.17, 15) is 39.0 Å². The number of esters is 4. The number of nitrogens with one attached hydrogen (secondary N) is 1. The quantitative estimate of drug-likeness (QED) is 0.0764. The third kappa shape index (κ3) is 9.73. The Kier molecular flexibility index (Phi) is 16.9. The van der Waals surface area contributed by atoms with Gasteiger partial charge in [0.15, 0.2) is 23.6 Å².